The maximum atomic E-state index is 11.5. The van der Waals surface area contributed by atoms with Crippen molar-refractivity contribution >= 4 is 11.8 Å². The van der Waals surface area contributed by atoms with E-state index >= 15 is 0 Å². The van der Waals surface area contributed by atoms with Gasteiger partial charge in [0.05, 0.1) is 6.61 Å². The number of aromatic nitrogens is 2. The quantitative estimate of drug-likeness (QED) is 0.733. The number of ether oxygens (including phenoxy) is 1. The van der Waals surface area contributed by atoms with E-state index in [1.165, 1.54) is 0 Å². The molecule has 0 saturated carbocycles. The summed E-state index contributed by atoms with van der Waals surface area (Å²) in [5.41, 5.74) is 1.24. The summed E-state index contributed by atoms with van der Waals surface area (Å²) < 4.78 is 4.93. The molecule has 1 aromatic rings. The van der Waals surface area contributed by atoms with Gasteiger partial charge in [-0.3, -0.25) is 5.10 Å². The fraction of sp³-hybridized carbons (Fsp3) is 0.556. The summed E-state index contributed by atoms with van der Waals surface area (Å²) in [4.78, 5) is 13.3. The fourth-order valence-electron chi connectivity index (χ4n) is 1.19. The zero-order chi connectivity index (χ0) is 10.7. The van der Waals surface area contributed by atoms with Gasteiger partial charge in [0, 0.05) is 19.8 Å². The summed E-state index contributed by atoms with van der Waals surface area (Å²) in [7, 11) is 3.66. The zero-order valence-corrected chi connectivity index (χ0v) is 8.92. The standard InChI is InChI=1S/C9H15N3O2/c1-5-14-9(13)7-6(2)10-11-8(7)12(3)4/h5H2,1-4H3,(H,10,11). The number of aryl methyl sites for hydroxylation is 1. The Kier molecular flexibility index (Phi) is 3.11. The van der Waals surface area contributed by atoms with Gasteiger partial charge in [-0.2, -0.15) is 5.10 Å². The van der Waals surface area contributed by atoms with Crippen LogP contribution in [0.3, 0.4) is 0 Å². The van der Waals surface area contributed by atoms with Crippen LogP contribution in [0.25, 0.3) is 0 Å². The third kappa shape index (κ3) is 1.86. The Morgan fingerprint density at radius 2 is 2.21 bits per heavy atom. The zero-order valence-electron chi connectivity index (χ0n) is 8.92. The Morgan fingerprint density at radius 1 is 1.57 bits per heavy atom. The minimum atomic E-state index is -0.331. The van der Waals surface area contributed by atoms with Gasteiger partial charge in [0.25, 0.3) is 0 Å². The largest absolute Gasteiger partial charge is 0.462 e. The lowest BCUT2D eigenvalue weighted by Crippen LogP contribution is -2.15. The molecule has 5 nitrogen and oxygen atoms in total. The third-order valence-corrected chi connectivity index (χ3v) is 1.83. The van der Waals surface area contributed by atoms with Gasteiger partial charge >= 0.3 is 5.97 Å². The highest BCUT2D eigenvalue weighted by Crippen LogP contribution is 2.19. The molecule has 0 spiro atoms. The molecule has 0 aliphatic carbocycles. The first-order chi connectivity index (χ1) is 6.57. The predicted molar refractivity (Wildman–Crippen MR) is 53.6 cm³/mol. The number of hydrogen-bond donors (Lipinski definition) is 1. The normalized spacial score (nSPS) is 10.0. The van der Waals surface area contributed by atoms with Crippen molar-refractivity contribution in [3.63, 3.8) is 0 Å². The number of hydrogen-bond acceptors (Lipinski definition) is 4. The number of nitrogens with zero attached hydrogens (tertiary/aromatic N) is 2. The van der Waals surface area contributed by atoms with E-state index in [0.717, 1.165) is 5.69 Å². The number of aromatic amines is 1. The highest BCUT2D eigenvalue weighted by molar-refractivity contribution is 5.96. The van der Waals surface area contributed by atoms with E-state index in [0.29, 0.717) is 18.0 Å². The number of carbonyl (C=O) groups is 1. The van der Waals surface area contributed by atoms with E-state index in [1.807, 2.05) is 14.1 Å². The van der Waals surface area contributed by atoms with Crippen molar-refractivity contribution in [3.8, 4) is 0 Å². The van der Waals surface area contributed by atoms with Gasteiger partial charge in [0.15, 0.2) is 5.82 Å². The van der Waals surface area contributed by atoms with E-state index in [1.54, 1.807) is 18.7 Å². The van der Waals surface area contributed by atoms with Gasteiger partial charge in [-0.05, 0) is 13.8 Å². The molecule has 0 atom stereocenters. The summed E-state index contributed by atoms with van der Waals surface area (Å²) in [6.07, 6.45) is 0. The molecule has 0 aliphatic rings. The van der Waals surface area contributed by atoms with Crippen LogP contribution in [0.1, 0.15) is 23.0 Å². The molecule has 14 heavy (non-hydrogen) atoms. The maximum absolute atomic E-state index is 11.5. The van der Waals surface area contributed by atoms with Crippen molar-refractivity contribution in [1.29, 1.82) is 0 Å². The van der Waals surface area contributed by atoms with Gasteiger partial charge in [0.2, 0.25) is 0 Å². The molecule has 0 radical (unpaired) electrons. The highest BCUT2D eigenvalue weighted by atomic mass is 16.5. The number of rotatable bonds is 3. The SMILES string of the molecule is CCOC(=O)c1c(N(C)C)n[nH]c1C. The maximum Gasteiger partial charge on any atom is 0.343 e. The lowest BCUT2D eigenvalue weighted by molar-refractivity contribution is 0.0526. The monoisotopic (exact) mass is 197 g/mol. The summed E-state index contributed by atoms with van der Waals surface area (Å²) in [6, 6.07) is 0. The van der Waals surface area contributed by atoms with E-state index in [4.69, 9.17) is 4.74 Å². The van der Waals surface area contributed by atoms with E-state index in [2.05, 4.69) is 10.2 Å². The van der Waals surface area contributed by atoms with Crippen LogP contribution in [0.4, 0.5) is 5.82 Å². The van der Waals surface area contributed by atoms with Crippen molar-refractivity contribution in [2.75, 3.05) is 25.6 Å². The van der Waals surface area contributed by atoms with E-state index < -0.39 is 0 Å². The second-order valence-corrected chi connectivity index (χ2v) is 3.16. The van der Waals surface area contributed by atoms with Crippen molar-refractivity contribution in [2.24, 2.45) is 0 Å². The summed E-state index contributed by atoms with van der Waals surface area (Å²) in [5, 5.41) is 6.78. The topological polar surface area (TPSA) is 58.2 Å². The fourth-order valence-corrected chi connectivity index (χ4v) is 1.19. The molecular weight excluding hydrogens is 182 g/mol. The summed E-state index contributed by atoms with van der Waals surface area (Å²) in [5.74, 6) is 0.281. The Bertz CT molecular complexity index is 331. The Balaban J connectivity index is 3.04. The number of H-pyrrole nitrogens is 1. The molecule has 5 heteroatoms. The van der Waals surface area contributed by atoms with Crippen LogP contribution in [-0.4, -0.2) is 36.9 Å². The molecule has 0 fully saturated rings. The molecule has 1 heterocycles. The van der Waals surface area contributed by atoms with Crippen LogP contribution >= 0.6 is 0 Å². The molecule has 0 bridgehead atoms. The van der Waals surface area contributed by atoms with E-state index in [9.17, 15) is 4.79 Å². The molecule has 1 aromatic heterocycles. The number of carbonyl (C=O) groups excluding carboxylic acids is 1. The van der Waals surface area contributed by atoms with Gasteiger partial charge in [-0.15, -0.1) is 0 Å². The van der Waals surface area contributed by atoms with Crippen LogP contribution < -0.4 is 4.90 Å². The van der Waals surface area contributed by atoms with Gasteiger partial charge in [-0.25, -0.2) is 4.79 Å². The van der Waals surface area contributed by atoms with Crippen LogP contribution in [0.5, 0.6) is 0 Å². The van der Waals surface area contributed by atoms with E-state index in [-0.39, 0.29) is 5.97 Å². The minimum Gasteiger partial charge on any atom is -0.462 e. The average molecular weight is 197 g/mol. The Morgan fingerprint density at radius 3 is 2.71 bits per heavy atom. The molecule has 1 N–H and O–H groups in total. The van der Waals surface area contributed by atoms with Crippen molar-refractivity contribution in [3.05, 3.63) is 11.3 Å². The van der Waals surface area contributed by atoms with Crippen molar-refractivity contribution < 1.29 is 9.53 Å². The van der Waals surface area contributed by atoms with Crippen molar-refractivity contribution in [2.45, 2.75) is 13.8 Å². The molecule has 0 aromatic carbocycles. The number of nitrogens with one attached hydrogen (secondary N) is 1. The smallest absolute Gasteiger partial charge is 0.343 e. The highest BCUT2D eigenvalue weighted by Gasteiger charge is 2.20. The van der Waals surface area contributed by atoms with Crippen molar-refractivity contribution in [1.82, 2.24) is 10.2 Å². The van der Waals surface area contributed by atoms with Gasteiger partial charge in [0.1, 0.15) is 5.56 Å². The lowest BCUT2D eigenvalue weighted by Gasteiger charge is -2.10. The molecule has 1 rings (SSSR count). The molecule has 0 aliphatic heterocycles. The van der Waals surface area contributed by atoms with Crippen LogP contribution in [-0.2, 0) is 4.74 Å². The molecular formula is C9H15N3O2. The van der Waals surface area contributed by atoms with Crippen LogP contribution in [0, 0.1) is 6.92 Å². The second-order valence-electron chi connectivity index (χ2n) is 3.16. The molecule has 0 amide bonds. The van der Waals surface area contributed by atoms with Crippen LogP contribution in [0.15, 0.2) is 0 Å². The Hall–Kier alpha value is -1.52. The first-order valence-corrected chi connectivity index (χ1v) is 4.47. The predicted octanol–water partition coefficient (Wildman–Crippen LogP) is 0.961. The Labute approximate surface area is 83.1 Å². The lowest BCUT2D eigenvalue weighted by atomic mass is 10.2. The number of anilines is 1. The molecule has 78 valence electrons. The molecule has 0 saturated heterocycles. The first kappa shape index (κ1) is 10.6. The van der Waals surface area contributed by atoms with Gasteiger partial charge < -0.3 is 9.64 Å². The van der Waals surface area contributed by atoms with Crippen LogP contribution in [0.2, 0.25) is 0 Å². The third-order valence-electron chi connectivity index (χ3n) is 1.83. The summed E-state index contributed by atoms with van der Waals surface area (Å²) >= 11 is 0. The first-order valence-electron chi connectivity index (χ1n) is 4.47. The second kappa shape index (κ2) is 4.13. The van der Waals surface area contributed by atoms with Gasteiger partial charge in [-0.1, -0.05) is 0 Å². The number of esters is 1. The summed E-state index contributed by atoms with van der Waals surface area (Å²) in [6.45, 7) is 3.95. The molecule has 0 unspecified atom stereocenters. The average Bonchev–Trinajstić information content (AvgIpc) is 2.47. The minimum absolute atomic E-state index is 0.331.